The fraction of sp³-hybridized carbons (Fsp3) is 0.370. The van der Waals surface area contributed by atoms with Gasteiger partial charge in [0.2, 0.25) is 0 Å². The number of esters is 2. The van der Waals surface area contributed by atoms with Gasteiger partial charge in [-0.15, -0.1) is 11.3 Å². The molecule has 1 fully saturated rings. The number of halogens is 1. The van der Waals surface area contributed by atoms with Crippen molar-refractivity contribution in [2.24, 2.45) is 0 Å². The molecule has 0 saturated heterocycles. The third kappa shape index (κ3) is 6.43. The summed E-state index contributed by atoms with van der Waals surface area (Å²) in [6.45, 7) is 2.96. The average molecular weight is 531 g/mol. The van der Waals surface area contributed by atoms with Crippen LogP contribution in [0.1, 0.15) is 32.1 Å². The average Bonchev–Trinajstić information content (AvgIpc) is 2.90. The molecule has 1 heterocycles. The molecule has 1 atom stereocenters. The first-order valence-electron chi connectivity index (χ1n) is 11.8. The van der Waals surface area contributed by atoms with Crippen LogP contribution in [0.5, 0.6) is 5.75 Å². The lowest BCUT2D eigenvalue weighted by atomic mass is 9.98. The summed E-state index contributed by atoms with van der Waals surface area (Å²) >= 11 is 7.68. The number of ether oxygens (including phenoxy) is 4. The molecule has 9 heteroatoms. The van der Waals surface area contributed by atoms with Gasteiger partial charge in [0.25, 0.3) is 0 Å². The molecule has 0 aliphatic heterocycles. The summed E-state index contributed by atoms with van der Waals surface area (Å²) in [5.74, 6) is -0.910. The Balaban J connectivity index is 1.39. The normalized spacial score (nSPS) is 14.9. The highest BCUT2D eigenvalue weighted by Crippen LogP contribution is 2.35. The van der Waals surface area contributed by atoms with Gasteiger partial charge in [0.1, 0.15) is 12.4 Å². The van der Waals surface area contributed by atoms with Crippen LogP contribution in [-0.4, -0.2) is 44.0 Å². The number of benzene rings is 2. The summed E-state index contributed by atoms with van der Waals surface area (Å²) in [4.78, 5) is 37.1. The summed E-state index contributed by atoms with van der Waals surface area (Å²) < 4.78 is 23.5. The van der Waals surface area contributed by atoms with E-state index in [0.29, 0.717) is 26.2 Å². The SMILES string of the molecule is C=CC(=O)OC(COC(=O)COc1ccc(Cl)c2c(=O)c3ccccc3sc12)COC1CCCCC1. The van der Waals surface area contributed by atoms with Crippen molar-refractivity contribution in [3.63, 3.8) is 0 Å². The van der Waals surface area contributed by atoms with Gasteiger partial charge in [0.05, 0.1) is 27.8 Å². The lowest BCUT2D eigenvalue weighted by molar-refractivity contribution is -0.161. The van der Waals surface area contributed by atoms with Crippen molar-refractivity contribution in [3.8, 4) is 5.75 Å². The molecule has 0 amide bonds. The molecular formula is C27H27ClO7S. The second-order valence-electron chi connectivity index (χ2n) is 8.51. The molecule has 1 aromatic heterocycles. The van der Waals surface area contributed by atoms with Crippen molar-refractivity contribution >= 4 is 55.0 Å². The summed E-state index contributed by atoms with van der Waals surface area (Å²) in [5, 5.41) is 1.24. The van der Waals surface area contributed by atoms with Crippen LogP contribution in [0.3, 0.4) is 0 Å². The maximum Gasteiger partial charge on any atom is 0.344 e. The molecule has 0 bridgehead atoms. The number of fused-ring (bicyclic) bond motifs is 2. The van der Waals surface area contributed by atoms with E-state index >= 15 is 0 Å². The van der Waals surface area contributed by atoms with E-state index in [4.69, 9.17) is 30.5 Å². The van der Waals surface area contributed by atoms with Crippen LogP contribution in [0.4, 0.5) is 0 Å². The van der Waals surface area contributed by atoms with Crippen molar-refractivity contribution in [2.75, 3.05) is 19.8 Å². The Morgan fingerprint density at radius 1 is 1.11 bits per heavy atom. The van der Waals surface area contributed by atoms with Gasteiger partial charge in [-0.1, -0.05) is 49.6 Å². The van der Waals surface area contributed by atoms with Crippen LogP contribution in [-0.2, 0) is 23.8 Å². The third-order valence-electron chi connectivity index (χ3n) is 5.94. The van der Waals surface area contributed by atoms with Crippen molar-refractivity contribution in [1.29, 1.82) is 0 Å². The van der Waals surface area contributed by atoms with Crippen LogP contribution in [0.2, 0.25) is 5.02 Å². The molecule has 0 spiro atoms. The topological polar surface area (TPSA) is 88.1 Å². The van der Waals surface area contributed by atoms with E-state index in [2.05, 4.69) is 6.58 Å². The first-order valence-corrected chi connectivity index (χ1v) is 13.0. The van der Waals surface area contributed by atoms with Gasteiger partial charge in [-0.2, -0.15) is 0 Å². The van der Waals surface area contributed by atoms with Crippen LogP contribution in [0.25, 0.3) is 20.2 Å². The van der Waals surface area contributed by atoms with Gasteiger partial charge in [-0.25, -0.2) is 9.59 Å². The van der Waals surface area contributed by atoms with Crippen LogP contribution < -0.4 is 10.2 Å². The van der Waals surface area contributed by atoms with Crippen molar-refractivity contribution in [3.05, 3.63) is 64.3 Å². The van der Waals surface area contributed by atoms with E-state index in [1.165, 1.54) is 17.8 Å². The van der Waals surface area contributed by atoms with E-state index in [1.807, 2.05) is 12.1 Å². The van der Waals surface area contributed by atoms with Gasteiger partial charge in [0, 0.05) is 16.2 Å². The first-order chi connectivity index (χ1) is 17.5. The Hall–Kier alpha value is -2.94. The quantitative estimate of drug-likeness (QED) is 0.196. The summed E-state index contributed by atoms with van der Waals surface area (Å²) in [7, 11) is 0. The highest BCUT2D eigenvalue weighted by atomic mass is 35.5. The lowest BCUT2D eigenvalue weighted by Gasteiger charge is -2.24. The second kappa shape index (κ2) is 12.3. The minimum Gasteiger partial charge on any atom is -0.480 e. The minimum atomic E-state index is -0.755. The van der Waals surface area contributed by atoms with Crippen molar-refractivity contribution < 1.29 is 28.5 Å². The molecule has 1 saturated carbocycles. The van der Waals surface area contributed by atoms with E-state index < -0.39 is 24.6 Å². The van der Waals surface area contributed by atoms with Gasteiger partial charge >= 0.3 is 11.9 Å². The van der Waals surface area contributed by atoms with E-state index in [9.17, 15) is 14.4 Å². The monoisotopic (exact) mass is 530 g/mol. The van der Waals surface area contributed by atoms with Gasteiger partial charge in [-0.05, 0) is 37.1 Å². The number of rotatable bonds is 10. The fourth-order valence-corrected chi connectivity index (χ4v) is 5.59. The minimum absolute atomic E-state index is 0.115. The molecule has 190 valence electrons. The van der Waals surface area contributed by atoms with Gasteiger partial charge in [0.15, 0.2) is 18.1 Å². The lowest BCUT2D eigenvalue weighted by Crippen LogP contribution is -2.32. The zero-order chi connectivity index (χ0) is 25.5. The molecule has 0 radical (unpaired) electrons. The Kier molecular flexibility index (Phi) is 8.96. The zero-order valence-corrected chi connectivity index (χ0v) is 21.3. The van der Waals surface area contributed by atoms with Gasteiger partial charge in [-0.3, -0.25) is 4.79 Å². The van der Waals surface area contributed by atoms with Crippen LogP contribution >= 0.6 is 22.9 Å². The van der Waals surface area contributed by atoms with E-state index in [-0.39, 0.29) is 24.7 Å². The maximum atomic E-state index is 13.0. The Labute approximate surface area is 217 Å². The Bertz CT molecular complexity index is 1310. The Morgan fingerprint density at radius 2 is 1.89 bits per heavy atom. The maximum absolute atomic E-state index is 13.0. The zero-order valence-electron chi connectivity index (χ0n) is 19.7. The summed E-state index contributed by atoms with van der Waals surface area (Å²) in [5.41, 5.74) is -0.192. The molecule has 36 heavy (non-hydrogen) atoms. The summed E-state index contributed by atoms with van der Waals surface area (Å²) in [6.07, 6.45) is 5.76. The van der Waals surface area contributed by atoms with Crippen molar-refractivity contribution in [1.82, 2.24) is 0 Å². The molecule has 3 aromatic rings. The second-order valence-corrected chi connectivity index (χ2v) is 9.96. The fourth-order valence-electron chi connectivity index (χ4n) is 4.12. The van der Waals surface area contributed by atoms with Crippen LogP contribution in [0, 0.1) is 0 Å². The largest absolute Gasteiger partial charge is 0.480 e. The molecule has 1 unspecified atom stereocenters. The highest BCUT2D eigenvalue weighted by Gasteiger charge is 2.21. The third-order valence-corrected chi connectivity index (χ3v) is 7.44. The van der Waals surface area contributed by atoms with Crippen LogP contribution in [0.15, 0.2) is 53.8 Å². The first kappa shape index (κ1) is 26.1. The van der Waals surface area contributed by atoms with E-state index in [0.717, 1.165) is 36.5 Å². The predicted molar refractivity (Wildman–Crippen MR) is 140 cm³/mol. The van der Waals surface area contributed by atoms with Gasteiger partial charge < -0.3 is 18.9 Å². The Morgan fingerprint density at radius 3 is 2.67 bits per heavy atom. The molecule has 1 aliphatic rings. The number of carbonyl (C=O) groups is 2. The number of hydrogen-bond acceptors (Lipinski definition) is 8. The van der Waals surface area contributed by atoms with E-state index in [1.54, 1.807) is 24.3 Å². The molecule has 7 nitrogen and oxygen atoms in total. The smallest absolute Gasteiger partial charge is 0.344 e. The summed E-state index contributed by atoms with van der Waals surface area (Å²) in [6, 6.07) is 10.4. The number of hydrogen-bond donors (Lipinski definition) is 0. The molecule has 2 aromatic carbocycles. The molecule has 1 aliphatic carbocycles. The predicted octanol–water partition coefficient (Wildman–Crippen LogP) is 5.44. The van der Waals surface area contributed by atoms with Crippen molar-refractivity contribution in [2.45, 2.75) is 44.3 Å². The molecular weight excluding hydrogens is 504 g/mol. The number of carbonyl (C=O) groups excluding carboxylic acids is 2. The standard InChI is InChI=1S/C27H27ClO7S/c1-2-23(29)35-18(14-32-17-8-4-3-5-9-17)15-34-24(30)16-33-21-13-12-20(28)25-26(31)19-10-6-7-11-22(19)36-27(21)25/h2,6-7,10-13,17-18H,1,3-5,8-9,14-16H2. The molecule has 0 N–H and O–H groups in total. The molecule has 4 rings (SSSR count). The highest BCUT2D eigenvalue weighted by molar-refractivity contribution is 7.25.